The second kappa shape index (κ2) is 66.2. The smallest absolute Gasteiger partial charge is 2.00 e. The Morgan fingerprint density at radius 2 is 0.429 bits per heavy atom. The molecule has 3 nitrogen and oxygen atoms in total. The van der Waals surface area contributed by atoms with E-state index in [-0.39, 0.29) is 108 Å². The number of rotatable bonds is 0. The monoisotopic (exact) mass is 416 g/mol. The molecule has 0 saturated carbocycles. The van der Waals surface area contributed by atoms with E-state index in [9.17, 15) is 0 Å². The molecule has 7 heavy (non-hydrogen) atoms. The molecule has 0 aliphatic heterocycles. The maximum absolute atomic E-state index is 0. The zero-order valence-corrected chi connectivity index (χ0v) is 15.0. The van der Waals surface area contributed by atoms with Crippen molar-refractivity contribution in [3.8, 4) is 0 Å². The van der Waals surface area contributed by atoms with Crippen LogP contribution in [0.25, 0.3) is 0 Å². The minimum Gasteiger partial charge on any atom is -2.00 e. The van der Waals surface area contributed by atoms with Gasteiger partial charge in [-0.1, -0.05) is 0 Å². The first-order chi connectivity index (χ1) is 0. The Balaban J connectivity index is 0. The zero-order chi connectivity index (χ0) is 0. The topological polar surface area (TPSA) is 85.5 Å². The van der Waals surface area contributed by atoms with Crippen molar-refractivity contribution in [1.29, 1.82) is 0 Å². The summed E-state index contributed by atoms with van der Waals surface area (Å²) in [5, 5.41) is 0. The van der Waals surface area contributed by atoms with Crippen molar-refractivity contribution < 1.29 is 16.4 Å². The van der Waals surface area contributed by atoms with Crippen molar-refractivity contribution >= 4 is 91.3 Å². The predicted molar refractivity (Wildman–Crippen MR) is 25.1 cm³/mol. The van der Waals surface area contributed by atoms with Gasteiger partial charge in [0.1, 0.15) is 0 Å². The molecule has 6 radical (unpaired) electrons. The minimum absolute atomic E-state index is 0. The van der Waals surface area contributed by atoms with Gasteiger partial charge in [0.15, 0.2) is 0 Å². The minimum atomic E-state index is 0. The van der Waals surface area contributed by atoms with Gasteiger partial charge in [-0.3, -0.25) is 0 Å². The Hall–Kier alpha value is 2.89. The van der Waals surface area contributed by atoms with Gasteiger partial charge < -0.3 is 16.4 Å². The van der Waals surface area contributed by atoms with Crippen molar-refractivity contribution in [2.45, 2.75) is 0 Å². The van der Waals surface area contributed by atoms with Crippen molar-refractivity contribution in [3.63, 3.8) is 0 Å². The van der Waals surface area contributed by atoms with E-state index in [0.29, 0.717) is 0 Å². The van der Waals surface area contributed by atoms with E-state index in [4.69, 9.17) is 0 Å². The molecule has 0 aliphatic carbocycles. The molecule has 0 amide bonds. The molecule has 0 aliphatic rings. The molecule has 0 aromatic heterocycles. The summed E-state index contributed by atoms with van der Waals surface area (Å²) in [6, 6.07) is 0. The molecule has 0 fully saturated rings. The third-order valence-electron chi connectivity index (χ3n) is 0. The largest absolute Gasteiger partial charge is 3.00 e. The van der Waals surface area contributed by atoms with Crippen LogP contribution in [0.4, 0.5) is 0 Å². The first-order valence-corrected chi connectivity index (χ1v) is 0. The van der Waals surface area contributed by atoms with E-state index < -0.39 is 0 Å². The molecule has 0 rings (SSSR count). The Morgan fingerprint density at radius 3 is 0.429 bits per heavy atom. The summed E-state index contributed by atoms with van der Waals surface area (Å²) in [5.74, 6) is 0. The number of hydrogen-bond acceptors (Lipinski definition) is 0. The molecule has 0 heterocycles. The SMILES string of the molecule is [Ga+3].[Ga+3].[In].[In].[O-2].[O-2].[O-2]. The molecule has 0 bridgehead atoms. The third-order valence-corrected chi connectivity index (χ3v) is 0. The summed E-state index contributed by atoms with van der Waals surface area (Å²) in [5.41, 5.74) is 0. The predicted octanol–water partition coefficient (Wildman–Crippen LogP) is -1.88. The second-order valence-corrected chi connectivity index (χ2v) is 0. The van der Waals surface area contributed by atoms with Crippen LogP contribution in [0.1, 0.15) is 0 Å². The Bertz CT molecular complexity index is 10.9. The maximum atomic E-state index is 0. The summed E-state index contributed by atoms with van der Waals surface area (Å²) < 4.78 is 0. The molecule has 0 spiro atoms. The van der Waals surface area contributed by atoms with Gasteiger partial charge >= 0.3 is 39.6 Å². The van der Waals surface area contributed by atoms with Crippen molar-refractivity contribution in [1.82, 2.24) is 0 Å². The third kappa shape index (κ3) is 50.5. The molecule has 0 atom stereocenters. The van der Waals surface area contributed by atoms with Crippen LogP contribution in [0.2, 0.25) is 0 Å². The van der Waals surface area contributed by atoms with Crippen LogP contribution < -0.4 is 0 Å². The first-order valence-electron chi connectivity index (χ1n) is 0. The van der Waals surface area contributed by atoms with E-state index in [2.05, 4.69) is 0 Å². The quantitative estimate of drug-likeness (QED) is 0.414. The molecule has 30 valence electrons. The van der Waals surface area contributed by atoms with Crippen molar-refractivity contribution in [3.05, 3.63) is 0 Å². The fourth-order valence-corrected chi connectivity index (χ4v) is 0. The van der Waals surface area contributed by atoms with Crippen molar-refractivity contribution in [2.75, 3.05) is 0 Å². The summed E-state index contributed by atoms with van der Waals surface area (Å²) >= 11 is 0. The van der Waals surface area contributed by atoms with Crippen LogP contribution in [0.15, 0.2) is 0 Å². The second-order valence-electron chi connectivity index (χ2n) is 0. The van der Waals surface area contributed by atoms with Gasteiger partial charge in [-0.25, -0.2) is 0 Å². The van der Waals surface area contributed by atoms with Gasteiger partial charge in [0.05, 0.1) is 0 Å². The van der Waals surface area contributed by atoms with Crippen LogP contribution in [0.3, 0.4) is 0 Å². The van der Waals surface area contributed by atoms with E-state index >= 15 is 0 Å². The standard InChI is InChI=1S/2Ga.2In.3O/q2*+3;;;3*-2. The van der Waals surface area contributed by atoms with Crippen LogP contribution in [-0.2, 0) is 16.4 Å². The molecule has 0 N–H and O–H groups in total. The number of hydrogen-bond donors (Lipinski definition) is 0. The van der Waals surface area contributed by atoms with Crippen LogP contribution in [0, 0.1) is 0 Å². The van der Waals surface area contributed by atoms with E-state index in [1.54, 1.807) is 0 Å². The van der Waals surface area contributed by atoms with Gasteiger partial charge in [0.25, 0.3) is 0 Å². The molecule has 0 aromatic carbocycles. The summed E-state index contributed by atoms with van der Waals surface area (Å²) in [4.78, 5) is 0. The molecule has 0 unspecified atom stereocenters. The van der Waals surface area contributed by atoms with Crippen LogP contribution in [-0.4, -0.2) is 91.3 Å². The Labute approximate surface area is 106 Å². The summed E-state index contributed by atoms with van der Waals surface area (Å²) in [6.07, 6.45) is 0. The zero-order valence-electron chi connectivity index (χ0n) is 3.53. The molecule has 7 heteroatoms. The Morgan fingerprint density at radius 1 is 0.429 bits per heavy atom. The molecule has 0 aromatic rings. The van der Waals surface area contributed by atoms with Gasteiger partial charge in [-0.05, 0) is 0 Å². The average molecular weight is 417 g/mol. The summed E-state index contributed by atoms with van der Waals surface area (Å²) in [7, 11) is 0. The van der Waals surface area contributed by atoms with Crippen molar-refractivity contribution in [2.24, 2.45) is 0 Å². The fraction of sp³-hybridized carbons (Fsp3) is 0. The first kappa shape index (κ1) is 93.5. The van der Waals surface area contributed by atoms with Gasteiger partial charge in [-0.15, -0.1) is 0 Å². The van der Waals surface area contributed by atoms with E-state index in [0.717, 1.165) is 0 Å². The van der Waals surface area contributed by atoms with Gasteiger partial charge in [0.2, 0.25) is 0 Å². The fourth-order valence-electron chi connectivity index (χ4n) is 0. The van der Waals surface area contributed by atoms with E-state index in [1.165, 1.54) is 0 Å². The Kier molecular flexibility index (Phi) is 884. The molecule has 0 saturated heterocycles. The van der Waals surface area contributed by atoms with Gasteiger partial charge in [-0.2, -0.15) is 0 Å². The van der Waals surface area contributed by atoms with E-state index in [1.807, 2.05) is 0 Å². The van der Waals surface area contributed by atoms with Gasteiger partial charge in [0, 0.05) is 51.7 Å². The maximum Gasteiger partial charge on any atom is 3.00 e. The molecular weight excluding hydrogens is 417 g/mol. The van der Waals surface area contributed by atoms with Crippen LogP contribution >= 0.6 is 0 Å². The normalized spacial score (nSPS) is 0. The van der Waals surface area contributed by atoms with Crippen LogP contribution in [0.5, 0.6) is 0 Å². The average Bonchev–Trinajstić information content (AvgIpc) is 0. The summed E-state index contributed by atoms with van der Waals surface area (Å²) in [6.45, 7) is 0. The molecular formula is Ga2In2O3.